The molecule has 0 saturated carbocycles. The summed E-state index contributed by atoms with van der Waals surface area (Å²) >= 11 is 0. The third-order valence-electron chi connectivity index (χ3n) is 5.93. The SMILES string of the molecule is COc1ccc(/C(O)=C2/C(=O)C(=O)N(Cc3ccc(F)cc3)C2c2cccnc2)cc1C(C)C. The number of Topliss-reactive ketones (excluding diaryl/α,β-unsaturated/α-hetero) is 1. The van der Waals surface area contributed by atoms with Gasteiger partial charge in [0, 0.05) is 24.5 Å². The topological polar surface area (TPSA) is 79.7 Å². The lowest BCUT2D eigenvalue weighted by molar-refractivity contribution is -0.140. The molecule has 1 atom stereocenters. The number of methoxy groups -OCH3 is 1. The number of halogens is 1. The Morgan fingerprint density at radius 1 is 1.15 bits per heavy atom. The quantitative estimate of drug-likeness (QED) is 0.319. The maximum absolute atomic E-state index is 13.4. The number of likely N-dealkylation sites (tertiary alicyclic amines) is 1. The first kappa shape index (κ1) is 23.2. The van der Waals surface area contributed by atoms with E-state index in [2.05, 4.69) is 4.98 Å². The van der Waals surface area contributed by atoms with E-state index in [4.69, 9.17) is 4.74 Å². The molecule has 34 heavy (non-hydrogen) atoms. The van der Waals surface area contributed by atoms with Crippen molar-refractivity contribution in [2.45, 2.75) is 32.4 Å². The van der Waals surface area contributed by atoms with Crippen molar-refractivity contribution in [2.75, 3.05) is 7.11 Å². The van der Waals surface area contributed by atoms with Gasteiger partial charge in [-0.25, -0.2) is 4.39 Å². The van der Waals surface area contributed by atoms with Gasteiger partial charge in [0.1, 0.15) is 17.3 Å². The van der Waals surface area contributed by atoms with E-state index < -0.39 is 23.5 Å². The number of aliphatic hydroxyl groups excluding tert-OH is 1. The molecule has 0 spiro atoms. The number of rotatable bonds is 6. The zero-order chi connectivity index (χ0) is 24.4. The zero-order valence-electron chi connectivity index (χ0n) is 19.2. The molecule has 1 N–H and O–H groups in total. The third-order valence-corrected chi connectivity index (χ3v) is 5.93. The predicted octanol–water partition coefficient (Wildman–Crippen LogP) is 4.97. The molecule has 1 aromatic heterocycles. The number of ketones is 1. The molecule has 1 aliphatic heterocycles. The van der Waals surface area contributed by atoms with Crippen LogP contribution < -0.4 is 4.74 Å². The highest BCUT2D eigenvalue weighted by Gasteiger charge is 2.46. The number of carbonyl (C=O) groups is 2. The number of pyridine rings is 1. The van der Waals surface area contributed by atoms with Crippen LogP contribution in [0.5, 0.6) is 5.75 Å². The first-order chi connectivity index (χ1) is 16.3. The van der Waals surface area contributed by atoms with Gasteiger partial charge in [0.15, 0.2) is 0 Å². The summed E-state index contributed by atoms with van der Waals surface area (Å²) < 4.78 is 18.8. The highest BCUT2D eigenvalue weighted by molar-refractivity contribution is 6.46. The van der Waals surface area contributed by atoms with Gasteiger partial charge in [-0.05, 0) is 59.0 Å². The molecule has 1 fully saturated rings. The van der Waals surface area contributed by atoms with E-state index >= 15 is 0 Å². The minimum atomic E-state index is -0.844. The Hall–Kier alpha value is -4.00. The Morgan fingerprint density at radius 3 is 2.50 bits per heavy atom. The Kier molecular flexibility index (Phi) is 6.45. The summed E-state index contributed by atoms with van der Waals surface area (Å²) in [7, 11) is 1.57. The first-order valence-corrected chi connectivity index (χ1v) is 10.9. The van der Waals surface area contributed by atoms with Crippen LogP contribution >= 0.6 is 0 Å². The lowest BCUT2D eigenvalue weighted by Crippen LogP contribution is -2.29. The van der Waals surface area contributed by atoms with Crippen molar-refractivity contribution in [1.82, 2.24) is 9.88 Å². The summed E-state index contributed by atoms with van der Waals surface area (Å²) in [6.07, 6.45) is 3.16. The molecule has 0 radical (unpaired) electrons. The lowest BCUT2D eigenvalue weighted by atomic mass is 9.93. The van der Waals surface area contributed by atoms with Gasteiger partial charge in [0.05, 0.1) is 18.7 Å². The van der Waals surface area contributed by atoms with Gasteiger partial charge in [-0.1, -0.05) is 32.0 Å². The molecule has 1 aliphatic rings. The highest BCUT2D eigenvalue weighted by atomic mass is 19.1. The fraction of sp³-hybridized carbons (Fsp3) is 0.222. The maximum Gasteiger partial charge on any atom is 0.295 e. The number of carbonyl (C=O) groups excluding carboxylic acids is 2. The number of benzene rings is 2. The van der Waals surface area contributed by atoms with E-state index in [9.17, 15) is 19.1 Å². The number of aromatic nitrogens is 1. The van der Waals surface area contributed by atoms with Crippen LogP contribution in [0.25, 0.3) is 5.76 Å². The molecule has 1 saturated heterocycles. The molecule has 4 rings (SSSR count). The Balaban J connectivity index is 1.85. The van der Waals surface area contributed by atoms with E-state index in [-0.39, 0.29) is 23.8 Å². The van der Waals surface area contributed by atoms with Gasteiger partial charge in [0.2, 0.25) is 0 Å². The average Bonchev–Trinajstić information content (AvgIpc) is 3.10. The summed E-state index contributed by atoms with van der Waals surface area (Å²) in [5, 5.41) is 11.3. The van der Waals surface area contributed by atoms with Crippen LogP contribution in [-0.4, -0.2) is 33.8 Å². The summed E-state index contributed by atoms with van der Waals surface area (Å²) in [5.41, 5.74) is 2.51. The minimum absolute atomic E-state index is 0.0139. The van der Waals surface area contributed by atoms with Crippen molar-refractivity contribution in [3.63, 3.8) is 0 Å². The second-order valence-corrected chi connectivity index (χ2v) is 8.45. The second-order valence-electron chi connectivity index (χ2n) is 8.45. The highest BCUT2D eigenvalue weighted by Crippen LogP contribution is 2.41. The predicted molar refractivity (Wildman–Crippen MR) is 126 cm³/mol. The van der Waals surface area contributed by atoms with Crippen LogP contribution in [0.1, 0.15) is 48.1 Å². The fourth-order valence-electron chi connectivity index (χ4n) is 4.20. The fourth-order valence-corrected chi connectivity index (χ4v) is 4.20. The summed E-state index contributed by atoms with van der Waals surface area (Å²) in [5.74, 6) is -1.40. The van der Waals surface area contributed by atoms with Crippen LogP contribution in [0.15, 0.2) is 72.6 Å². The van der Waals surface area contributed by atoms with Gasteiger partial charge in [0.25, 0.3) is 11.7 Å². The number of ether oxygens (including phenoxy) is 1. The molecule has 2 heterocycles. The largest absolute Gasteiger partial charge is 0.507 e. The van der Waals surface area contributed by atoms with Crippen molar-refractivity contribution in [3.8, 4) is 5.75 Å². The van der Waals surface area contributed by atoms with E-state index in [1.54, 1.807) is 62.0 Å². The zero-order valence-corrected chi connectivity index (χ0v) is 19.2. The number of nitrogens with zero attached hydrogens (tertiary/aromatic N) is 2. The van der Waals surface area contributed by atoms with Crippen molar-refractivity contribution in [1.29, 1.82) is 0 Å². The molecule has 174 valence electrons. The molecule has 1 unspecified atom stereocenters. The molecule has 7 heteroatoms. The third kappa shape index (κ3) is 4.29. The second kappa shape index (κ2) is 9.47. The normalized spacial score (nSPS) is 17.4. The molecule has 3 aromatic rings. The van der Waals surface area contributed by atoms with Gasteiger partial charge < -0.3 is 14.7 Å². The number of hydrogen-bond donors (Lipinski definition) is 1. The molecular formula is C27H25FN2O4. The van der Waals surface area contributed by atoms with E-state index in [0.717, 1.165) is 5.56 Å². The Bertz CT molecular complexity index is 1250. The van der Waals surface area contributed by atoms with Crippen molar-refractivity contribution in [2.24, 2.45) is 0 Å². The van der Waals surface area contributed by atoms with Gasteiger partial charge in [-0.2, -0.15) is 0 Å². The van der Waals surface area contributed by atoms with E-state index in [0.29, 0.717) is 22.4 Å². The van der Waals surface area contributed by atoms with Crippen LogP contribution in [0, 0.1) is 5.82 Å². The number of amides is 1. The van der Waals surface area contributed by atoms with Crippen LogP contribution in [0.2, 0.25) is 0 Å². The Morgan fingerprint density at radius 2 is 1.88 bits per heavy atom. The summed E-state index contributed by atoms with van der Waals surface area (Å²) in [6, 6.07) is 13.5. The first-order valence-electron chi connectivity index (χ1n) is 10.9. The van der Waals surface area contributed by atoms with Gasteiger partial charge >= 0.3 is 0 Å². The molecular weight excluding hydrogens is 435 g/mol. The molecule has 6 nitrogen and oxygen atoms in total. The summed E-state index contributed by atoms with van der Waals surface area (Å²) in [4.78, 5) is 31.8. The maximum atomic E-state index is 13.4. The lowest BCUT2D eigenvalue weighted by Gasteiger charge is -2.25. The number of hydrogen-bond acceptors (Lipinski definition) is 5. The smallest absolute Gasteiger partial charge is 0.295 e. The van der Waals surface area contributed by atoms with Gasteiger partial charge in [-0.3, -0.25) is 14.6 Å². The average molecular weight is 461 g/mol. The molecule has 2 aromatic carbocycles. The standard InChI is InChI=1S/C27H25FN2O4/c1-16(2)21-13-18(8-11-22(21)34-3)25(31)23-24(19-5-4-12-29-14-19)30(27(33)26(23)32)15-17-6-9-20(28)10-7-17/h4-14,16,24,31H,15H2,1-3H3/b25-23-. The van der Waals surface area contributed by atoms with Crippen molar-refractivity contribution < 1.29 is 23.8 Å². The monoisotopic (exact) mass is 460 g/mol. The van der Waals surface area contributed by atoms with Crippen molar-refractivity contribution in [3.05, 3.63) is 101 Å². The molecule has 0 bridgehead atoms. The number of aliphatic hydroxyl groups is 1. The van der Waals surface area contributed by atoms with E-state index in [1.165, 1.54) is 17.0 Å². The van der Waals surface area contributed by atoms with Gasteiger partial charge in [-0.15, -0.1) is 0 Å². The van der Waals surface area contributed by atoms with Crippen LogP contribution in [-0.2, 0) is 16.1 Å². The van der Waals surface area contributed by atoms with E-state index in [1.807, 2.05) is 13.8 Å². The van der Waals surface area contributed by atoms with Crippen LogP contribution in [0.3, 0.4) is 0 Å². The van der Waals surface area contributed by atoms with Crippen molar-refractivity contribution >= 4 is 17.4 Å². The molecule has 0 aliphatic carbocycles. The van der Waals surface area contributed by atoms with Crippen LogP contribution in [0.4, 0.5) is 4.39 Å². The minimum Gasteiger partial charge on any atom is -0.507 e. The molecule has 1 amide bonds. The Labute approximate surface area is 197 Å². The summed E-state index contributed by atoms with van der Waals surface area (Å²) in [6.45, 7) is 4.07.